The van der Waals surface area contributed by atoms with Crippen molar-refractivity contribution in [2.45, 2.75) is 26.4 Å². The predicted molar refractivity (Wildman–Crippen MR) is 107 cm³/mol. The fraction of sp³-hybridized carbons (Fsp3) is 0.455. The first-order chi connectivity index (χ1) is 13.9. The highest BCUT2D eigenvalue weighted by Crippen LogP contribution is 2.44. The molecule has 7 nitrogen and oxygen atoms in total. The molecule has 0 saturated carbocycles. The first-order valence-corrected chi connectivity index (χ1v) is 9.49. The Labute approximate surface area is 170 Å². The average Bonchev–Trinajstić information content (AvgIpc) is 3.19. The predicted octanol–water partition coefficient (Wildman–Crippen LogP) is 3.70. The molecule has 3 unspecified atom stereocenters. The lowest BCUT2D eigenvalue weighted by Gasteiger charge is -2.26. The Bertz CT molecular complexity index is 865. The van der Waals surface area contributed by atoms with E-state index in [1.807, 2.05) is 19.1 Å². The molecule has 2 N–H and O–H groups in total. The first-order valence-electron chi connectivity index (χ1n) is 9.49. The summed E-state index contributed by atoms with van der Waals surface area (Å²) in [6, 6.07) is 7.09. The van der Waals surface area contributed by atoms with Gasteiger partial charge in [0.2, 0.25) is 18.3 Å². The second-order valence-corrected chi connectivity index (χ2v) is 7.29. The van der Waals surface area contributed by atoms with Gasteiger partial charge in [-0.25, -0.2) is 0 Å². The molecule has 1 aliphatic heterocycles. The molecule has 3 rings (SSSR count). The summed E-state index contributed by atoms with van der Waals surface area (Å²) in [6.07, 6.45) is -0.0727. The normalized spacial score (nSPS) is 15.5. The summed E-state index contributed by atoms with van der Waals surface area (Å²) in [6.45, 7) is 4.24. The van der Waals surface area contributed by atoms with E-state index in [1.54, 1.807) is 13.2 Å². The van der Waals surface area contributed by atoms with Crippen molar-refractivity contribution in [3.8, 4) is 34.5 Å². The molecule has 7 heteroatoms. The van der Waals surface area contributed by atoms with Crippen molar-refractivity contribution in [2.24, 2.45) is 11.8 Å². The van der Waals surface area contributed by atoms with Gasteiger partial charge in [0.05, 0.1) is 27.4 Å². The molecule has 0 radical (unpaired) electrons. The number of aliphatic hydroxyl groups excluding tert-OH is 1. The number of methoxy groups -OCH3 is 3. The lowest BCUT2D eigenvalue weighted by molar-refractivity contribution is 0.0866. The number of aliphatic hydroxyl groups is 1. The van der Waals surface area contributed by atoms with E-state index in [0.29, 0.717) is 35.0 Å². The van der Waals surface area contributed by atoms with Crippen LogP contribution in [0, 0.1) is 11.8 Å². The monoisotopic (exact) mass is 404 g/mol. The standard InChI is InChI=1S/C22H28O7/c1-12(6-14-7-17(25-3)22-19(8-14)28-11-29-22)13(2)20(24)15-9-16(23)21(27-5)18(10-15)26-4/h7-10,12-13,20,23-24H,6,11H2,1-5H3. The van der Waals surface area contributed by atoms with Crippen LogP contribution in [0.5, 0.6) is 34.5 Å². The van der Waals surface area contributed by atoms with Gasteiger partial charge in [-0.05, 0) is 53.6 Å². The minimum Gasteiger partial charge on any atom is -0.504 e. The van der Waals surface area contributed by atoms with Gasteiger partial charge < -0.3 is 33.9 Å². The maximum atomic E-state index is 10.9. The maximum Gasteiger partial charge on any atom is 0.231 e. The van der Waals surface area contributed by atoms with Crippen LogP contribution in [0.1, 0.15) is 31.1 Å². The van der Waals surface area contributed by atoms with E-state index in [9.17, 15) is 10.2 Å². The molecule has 158 valence electrons. The van der Waals surface area contributed by atoms with E-state index >= 15 is 0 Å². The third kappa shape index (κ3) is 4.15. The summed E-state index contributed by atoms with van der Waals surface area (Å²) >= 11 is 0. The van der Waals surface area contributed by atoms with Crippen molar-refractivity contribution in [3.05, 3.63) is 35.4 Å². The van der Waals surface area contributed by atoms with Crippen LogP contribution in [-0.2, 0) is 6.42 Å². The zero-order valence-electron chi connectivity index (χ0n) is 17.4. The van der Waals surface area contributed by atoms with Crippen LogP contribution >= 0.6 is 0 Å². The summed E-state index contributed by atoms with van der Waals surface area (Å²) in [5.74, 6) is 2.52. The molecular formula is C22H28O7. The molecule has 0 bridgehead atoms. The van der Waals surface area contributed by atoms with Crippen molar-refractivity contribution in [2.75, 3.05) is 28.1 Å². The smallest absolute Gasteiger partial charge is 0.231 e. The van der Waals surface area contributed by atoms with Gasteiger partial charge in [0.1, 0.15) is 0 Å². The number of rotatable bonds is 8. The maximum absolute atomic E-state index is 10.9. The highest BCUT2D eigenvalue weighted by atomic mass is 16.7. The third-order valence-electron chi connectivity index (χ3n) is 5.49. The molecule has 1 heterocycles. The van der Waals surface area contributed by atoms with Crippen LogP contribution in [0.4, 0.5) is 0 Å². The Morgan fingerprint density at radius 2 is 1.69 bits per heavy atom. The van der Waals surface area contributed by atoms with Gasteiger partial charge in [-0.1, -0.05) is 13.8 Å². The van der Waals surface area contributed by atoms with Crippen molar-refractivity contribution < 1.29 is 33.9 Å². The minimum absolute atomic E-state index is 0.0683. The summed E-state index contributed by atoms with van der Waals surface area (Å²) in [4.78, 5) is 0. The fourth-order valence-electron chi connectivity index (χ4n) is 3.61. The average molecular weight is 404 g/mol. The molecule has 2 aromatic rings. The Morgan fingerprint density at radius 3 is 2.34 bits per heavy atom. The summed E-state index contributed by atoms with van der Waals surface area (Å²) in [7, 11) is 4.55. The Morgan fingerprint density at radius 1 is 0.966 bits per heavy atom. The van der Waals surface area contributed by atoms with E-state index in [-0.39, 0.29) is 30.1 Å². The molecule has 1 aliphatic rings. The van der Waals surface area contributed by atoms with E-state index in [4.69, 9.17) is 23.7 Å². The van der Waals surface area contributed by atoms with E-state index in [2.05, 4.69) is 6.92 Å². The van der Waals surface area contributed by atoms with Gasteiger partial charge in [0, 0.05) is 0 Å². The Balaban J connectivity index is 1.78. The second kappa shape index (κ2) is 8.69. The van der Waals surface area contributed by atoms with Crippen molar-refractivity contribution in [1.29, 1.82) is 0 Å². The quantitative estimate of drug-likeness (QED) is 0.694. The van der Waals surface area contributed by atoms with Crippen LogP contribution < -0.4 is 23.7 Å². The van der Waals surface area contributed by atoms with Crippen molar-refractivity contribution in [3.63, 3.8) is 0 Å². The minimum atomic E-state index is -0.786. The number of fused-ring (bicyclic) bond motifs is 1. The van der Waals surface area contributed by atoms with Gasteiger partial charge in [-0.2, -0.15) is 0 Å². The number of ether oxygens (including phenoxy) is 5. The van der Waals surface area contributed by atoms with Crippen LogP contribution in [-0.4, -0.2) is 38.3 Å². The lowest BCUT2D eigenvalue weighted by Crippen LogP contribution is -2.19. The zero-order chi connectivity index (χ0) is 21.1. The zero-order valence-corrected chi connectivity index (χ0v) is 17.4. The van der Waals surface area contributed by atoms with E-state index in [1.165, 1.54) is 20.3 Å². The molecule has 2 aromatic carbocycles. The van der Waals surface area contributed by atoms with E-state index in [0.717, 1.165) is 5.56 Å². The van der Waals surface area contributed by atoms with E-state index < -0.39 is 6.10 Å². The van der Waals surface area contributed by atoms with Crippen molar-refractivity contribution >= 4 is 0 Å². The van der Waals surface area contributed by atoms with Gasteiger partial charge in [0.15, 0.2) is 23.0 Å². The summed E-state index contributed by atoms with van der Waals surface area (Å²) in [5, 5.41) is 21.1. The van der Waals surface area contributed by atoms with Crippen LogP contribution in [0.2, 0.25) is 0 Å². The van der Waals surface area contributed by atoms with Gasteiger partial charge in [-0.15, -0.1) is 0 Å². The largest absolute Gasteiger partial charge is 0.504 e. The number of phenolic OH excluding ortho intramolecular Hbond substituents is 1. The number of benzene rings is 2. The molecule has 0 amide bonds. The van der Waals surface area contributed by atoms with Gasteiger partial charge >= 0.3 is 0 Å². The fourth-order valence-corrected chi connectivity index (χ4v) is 3.61. The van der Waals surface area contributed by atoms with Crippen molar-refractivity contribution in [1.82, 2.24) is 0 Å². The lowest BCUT2D eigenvalue weighted by atomic mass is 9.83. The Hall–Kier alpha value is -2.80. The SMILES string of the molecule is COc1cc(C(O)C(C)C(C)Cc2cc(OC)c3c(c2)OCO3)cc(O)c1OC. The summed E-state index contributed by atoms with van der Waals surface area (Å²) < 4.78 is 26.8. The molecule has 0 aromatic heterocycles. The second-order valence-electron chi connectivity index (χ2n) is 7.29. The van der Waals surface area contributed by atoms with Gasteiger partial charge in [-0.3, -0.25) is 0 Å². The van der Waals surface area contributed by atoms with Crippen LogP contribution in [0.3, 0.4) is 0 Å². The highest BCUT2D eigenvalue weighted by molar-refractivity contribution is 5.55. The molecule has 0 aliphatic carbocycles. The topological polar surface area (TPSA) is 86.6 Å². The number of hydrogen-bond donors (Lipinski definition) is 2. The Kier molecular flexibility index (Phi) is 6.27. The van der Waals surface area contributed by atoms with Crippen LogP contribution in [0.15, 0.2) is 24.3 Å². The van der Waals surface area contributed by atoms with Gasteiger partial charge in [0.25, 0.3) is 0 Å². The summed E-state index contributed by atoms with van der Waals surface area (Å²) in [5.41, 5.74) is 1.61. The first kappa shape index (κ1) is 20.9. The number of aromatic hydroxyl groups is 1. The number of phenols is 1. The molecular weight excluding hydrogens is 376 g/mol. The molecule has 0 spiro atoms. The van der Waals surface area contributed by atoms with Crippen LogP contribution in [0.25, 0.3) is 0 Å². The third-order valence-corrected chi connectivity index (χ3v) is 5.49. The molecule has 0 saturated heterocycles. The highest BCUT2D eigenvalue weighted by Gasteiger charge is 2.26. The molecule has 0 fully saturated rings. The molecule has 3 atom stereocenters. The molecule has 29 heavy (non-hydrogen) atoms. The number of hydrogen-bond acceptors (Lipinski definition) is 7.